The topological polar surface area (TPSA) is 45.0 Å². The van der Waals surface area contributed by atoms with Crippen LogP contribution in [0.15, 0.2) is 16.6 Å². The molecule has 1 aromatic carbocycles. The van der Waals surface area contributed by atoms with Gasteiger partial charge in [0.05, 0.1) is 16.1 Å². The molecule has 0 aromatic heterocycles. The van der Waals surface area contributed by atoms with E-state index in [0.29, 0.717) is 5.92 Å². The molecule has 1 saturated carbocycles. The first kappa shape index (κ1) is 13.3. The van der Waals surface area contributed by atoms with Gasteiger partial charge in [-0.3, -0.25) is 0 Å². The van der Waals surface area contributed by atoms with E-state index in [9.17, 15) is 4.39 Å². The third-order valence-corrected chi connectivity index (χ3v) is 3.92. The van der Waals surface area contributed by atoms with Crippen molar-refractivity contribution in [1.29, 1.82) is 5.26 Å². The van der Waals surface area contributed by atoms with E-state index in [1.54, 1.807) is 6.07 Å². The number of ether oxygens (including phenoxy) is 1. The van der Waals surface area contributed by atoms with Gasteiger partial charge in [-0.15, -0.1) is 0 Å². The van der Waals surface area contributed by atoms with Crippen molar-refractivity contribution in [2.45, 2.75) is 18.9 Å². The molecule has 2 rings (SSSR count). The maximum absolute atomic E-state index is 13.9. The quantitative estimate of drug-likeness (QED) is 0.930. The van der Waals surface area contributed by atoms with Crippen LogP contribution in [-0.4, -0.2) is 19.7 Å². The Morgan fingerprint density at radius 2 is 2.28 bits per heavy atom. The molecule has 0 saturated heterocycles. The molecule has 0 heterocycles. The van der Waals surface area contributed by atoms with Gasteiger partial charge in [-0.2, -0.15) is 5.26 Å². The standard InChI is InChI=1S/C13H14BrFN2O/c1-17-7-8-4-10(5-8)18-11-3-2-9(6-16)12(14)13(11)15/h2-3,8,10,17H,4-5,7H2,1H3. The highest BCUT2D eigenvalue weighted by molar-refractivity contribution is 9.10. The van der Waals surface area contributed by atoms with Crippen molar-refractivity contribution in [3.8, 4) is 11.8 Å². The van der Waals surface area contributed by atoms with Crippen LogP contribution < -0.4 is 10.1 Å². The molecule has 1 fully saturated rings. The second-order valence-corrected chi connectivity index (χ2v) is 5.28. The lowest BCUT2D eigenvalue weighted by atomic mass is 9.82. The Bertz CT molecular complexity index is 481. The minimum absolute atomic E-state index is 0.0812. The highest BCUT2D eigenvalue weighted by Gasteiger charge is 2.31. The Kier molecular flexibility index (Phi) is 4.20. The molecule has 1 aliphatic carbocycles. The summed E-state index contributed by atoms with van der Waals surface area (Å²) in [7, 11) is 1.92. The third-order valence-electron chi connectivity index (χ3n) is 3.15. The van der Waals surface area contributed by atoms with Crippen molar-refractivity contribution >= 4 is 15.9 Å². The van der Waals surface area contributed by atoms with Crippen LogP contribution in [0.3, 0.4) is 0 Å². The lowest BCUT2D eigenvalue weighted by Gasteiger charge is -2.35. The zero-order valence-electron chi connectivity index (χ0n) is 10.0. The minimum atomic E-state index is -0.494. The van der Waals surface area contributed by atoms with Crippen molar-refractivity contribution in [2.75, 3.05) is 13.6 Å². The number of hydrogen-bond acceptors (Lipinski definition) is 3. The summed E-state index contributed by atoms with van der Waals surface area (Å²) in [5, 5.41) is 11.9. The van der Waals surface area contributed by atoms with E-state index in [4.69, 9.17) is 10.00 Å². The summed E-state index contributed by atoms with van der Waals surface area (Å²) in [6.07, 6.45) is 1.97. The fourth-order valence-corrected chi connectivity index (χ4v) is 2.53. The second-order valence-electron chi connectivity index (χ2n) is 4.49. The lowest BCUT2D eigenvalue weighted by molar-refractivity contribution is 0.0620. The Labute approximate surface area is 114 Å². The average molecular weight is 313 g/mol. The number of nitrogens with zero attached hydrogens (tertiary/aromatic N) is 1. The molecule has 0 amide bonds. The Balaban J connectivity index is 2.00. The summed E-state index contributed by atoms with van der Waals surface area (Å²) in [6, 6.07) is 5.00. The maximum atomic E-state index is 13.9. The molecule has 0 aliphatic heterocycles. The molecule has 0 unspecified atom stereocenters. The molecular formula is C13H14BrFN2O. The average Bonchev–Trinajstić information content (AvgIpc) is 2.32. The van der Waals surface area contributed by atoms with Crippen molar-refractivity contribution in [2.24, 2.45) is 5.92 Å². The van der Waals surface area contributed by atoms with E-state index < -0.39 is 5.82 Å². The summed E-state index contributed by atoms with van der Waals surface area (Å²) >= 11 is 3.07. The summed E-state index contributed by atoms with van der Waals surface area (Å²) in [4.78, 5) is 0. The predicted octanol–water partition coefficient (Wildman–Crippen LogP) is 2.84. The molecule has 1 N–H and O–H groups in total. The largest absolute Gasteiger partial charge is 0.487 e. The number of hydrogen-bond donors (Lipinski definition) is 1. The second kappa shape index (κ2) is 5.68. The number of benzene rings is 1. The van der Waals surface area contributed by atoms with Gasteiger partial charge in [-0.25, -0.2) is 4.39 Å². The summed E-state index contributed by atoms with van der Waals surface area (Å²) in [5.41, 5.74) is 0.279. The third kappa shape index (κ3) is 2.65. The molecule has 3 nitrogen and oxygen atoms in total. The van der Waals surface area contributed by atoms with E-state index >= 15 is 0 Å². The Morgan fingerprint density at radius 3 is 2.89 bits per heavy atom. The van der Waals surface area contributed by atoms with Gasteiger partial charge in [0.2, 0.25) is 0 Å². The zero-order valence-corrected chi connectivity index (χ0v) is 11.6. The molecule has 0 atom stereocenters. The summed E-state index contributed by atoms with van der Waals surface area (Å²) < 4.78 is 19.7. The van der Waals surface area contributed by atoms with Gasteiger partial charge in [-0.05, 0) is 60.4 Å². The minimum Gasteiger partial charge on any atom is -0.487 e. The highest BCUT2D eigenvalue weighted by Crippen LogP contribution is 2.34. The van der Waals surface area contributed by atoms with E-state index in [-0.39, 0.29) is 21.9 Å². The van der Waals surface area contributed by atoms with E-state index in [0.717, 1.165) is 19.4 Å². The first-order valence-corrected chi connectivity index (χ1v) is 6.64. The van der Waals surface area contributed by atoms with Gasteiger partial charge in [0.1, 0.15) is 6.07 Å². The van der Waals surface area contributed by atoms with Crippen molar-refractivity contribution in [1.82, 2.24) is 5.32 Å². The van der Waals surface area contributed by atoms with Gasteiger partial charge in [0.15, 0.2) is 11.6 Å². The van der Waals surface area contributed by atoms with E-state index in [2.05, 4.69) is 21.2 Å². The molecule has 96 valence electrons. The summed E-state index contributed by atoms with van der Waals surface area (Å²) in [6.45, 7) is 0.972. The molecule has 0 bridgehead atoms. The predicted molar refractivity (Wildman–Crippen MR) is 69.9 cm³/mol. The van der Waals surface area contributed by atoms with Crippen LogP contribution in [0.4, 0.5) is 4.39 Å². The van der Waals surface area contributed by atoms with Gasteiger partial charge in [0, 0.05) is 0 Å². The van der Waals surface area contributed by atoms with Crippen LogP contribution >= 0.6 is 15.9 Å². The number of rotatable bonds is 4. The number of halogens is 2. The first-order valence-electron chi connectivity index (χ1n) is 5.85. The molecule has 0 radical (unpaired) electrons. The highest BCUT2D eigenvalue weighted by atomic mass is 79.9. The van der Waals surface area contributed by atoms with Crippen LogP contribution in [0.5, 0.6) is 5.75 Å². The van der Waals surface area contributed by atoms with Gasteiger partial charge in [-0.1, -0.05) is 0 Å². The van der Waals surface area contributed by atoms with Crippen LogP contribution in [0.1, 0.15) is 18.4 Å². The normalized spacial score (nSPS) is 22.1. The van der Waals surface area contributed by atoms with E-state index in [1.807, 2.05) is 13.1 Å². The lowest BCUT2D eigenvalue weighted by Crippen LogP contribution is -2.38. The molecule has 18 heavy (non-hydrogen) atoms. The summed E-state index contributed by atoms with van der Waals surface area (Å²) in [5.74, 6) is 0.338. The fraction of sp³-hybridized carbons (Fsp3) is 0.462. The maximum Gasteiger partial charge on any atom is 0.180 e. The molecule has 1 aromatic rings. The van der Waals surface area contributed by atoms with Crippen molar-refractivity contribution in [3.05, 3.63) is 28.0 Å². The molecule has 0 spiro atoms. The Hall–Kier alpha value is -1.12. The van der Waals surface area contributed by atoms with Crippen LogP contribution in [0.2, 0.25) is 0 Å². The first-order chi connectivity index (χ1) is 8.65. The van der Waals surface area contributed by atoms with Crippen molar-refractivity contribution < 1.29 is 9.13 Å². The molecular weight excluding hydrogens is 299 g/mol. The van der Waals surface area contributed by atoms with Gasteiger partial charge < -0.3 is 10.1 Å². The SMILES string of the molecule is CNCC1CC(Oc2ccc(C#N)c(Br)c2F)C1. The Morgan fingerprint density at radius 1 is 1.56 bits per heavy atom. The fourth-order valence-electron chi connectivity index (χ4n) is 2.11. The molecule has 5 heteroatoms. The van der Waals surface area contributed by atoms with Crippen molar-refractivity contribution in [3.63, 3.8) is 0 Å². The molecule has 1 aliphatic rings. The van der Waals surface area contributed by atoms with Crippen LogP contribution in [0.25, 0.3) is 0 Å². The van der Waals surface area contributed by atoms with Gasteiger partial charge in [0.25, 0.3) is 0 Å². The monoisotopic (exact) mass is 312 g/mol. The number of nitriles is 1. The smallest absolute Gasteiger partial charge is 0.180 e. The van der Waals surface area contributed by atoms with Crippen LogP contribution in [0, 0.1) is 23.1 Å². The van der Waals surface area contributed by atoms with E-state index in [1.165, 1.54) is 6.07 Å². The van der Waals surface area contributed by atoms with Gasteiger partial charge >= 0.3 is 0 Å². The zero-order chi connectivity index (χ0) is 13.1. The van der Waals surface area contributed by atoms with Crippen LogP contribution in [-0.2, 0) is 0 Å². The number of nitrogens with one attached hydrogen (secondary N) is 1.